The molecule has 1 amide bonds. The number of anilines is 2. The van der Waals surface area contributed by atoms with E-state index in [9.17, 15) is 17.6 Å². The van der Waals surface area contributed by atoms with Crippen LogP contribution in [0.2, 0.25) is 0 Å². The molecular formula is C27H22FN3O3S. The van der Waals surface area contributed by atoms with E-state index in [2.05, 4.69) is 10.3 Å². The third kappa shape index (κ3) is 4.65. The molecule has 8 heteroatoms. The monoisotopic (exact) mass is 487 g/mol. The van der Waals surface area contributed by atoms with Gasteiger partial charge in [-0.15, -0.1) is 0 Å². The smallest absolute Gasteiger partial charge is 0.255 e. The fourth-order valence-corrected chi connectivity index (χ4v) is 5.43. The van der Waals surface area contributed by atoms with E-state index in [1.807, 2.05) is 0 Å². The predicted octanol–water partition coefficient (Wildman–Crippen LogP) is 5.43. The van der Waals surface area contributed by atoms with Gasteiger partial charge in [0, 0.05) is 18.0 Å². The zero-order valence-electron chi connectivity index (χ0n) is 18.6. The lowest BCUT2D eigenvalue weighted by molar-refractivity contribution is 0.102. The van der Waals surface area contributed by atoms with Gasteiger partial charge in [0.1, 0.15) is 5.82 Å². The van der Waals surface area contributed by atoms with Gasteiger partial charge < -0.3 is 11.1 Å². The van der Waals surface area contributed by atoms with Gasteiger partial charge in [-0.05, 0) is 90.0 Å². The Morgan fingerprint density at radius 1 is 0.943 bits per heavy atom. The van der Waals surface area contributed by atoms with Crippen LogP contribution in [0, 0.1) is 5.82 Å². The number of carbonyl (C=O) groups excluding carboxylic acids is 1. The van der Waals surface area contributed by atoms with E-state index in [0.717, 1.165) is 29.5 Å². The molecule has 0 aliphatic heterocycles. The summed E-state index contributed by atoms with van der Waals surface area (Å²) in [6.07, 6.45) is 4.94. The number of pyridine rings is 1. The number of aromatic nitrogens is 1. The number of hydrogen-bond acceptors (Lipinski definition) is 5. The van der Waals surface area contributed by atoms with Gasteiger partial charge in [0.05, 0.1) is 21.2 Å². The molecule has 0 saturated heterocycles. The van der Waals surface area contributed by atoms with Crippen LogP contribution in [0.5, 0.6) is 0 Å². The summed E-state index contributed by atoms with van der Waals surface area (Å²) in [6.45, 7) is 0. The van der Waals surface area contributed by atoms with E-state index in [-0.39, 0.29) is 27.1 Å². The first-order chi connectivity index (χ1) is 16.8. The van der Waals surface area contributed by atoms with E-state index in [1.54, 1.807) is 42.6 Å². The quantitative estimate of drug-likeness (QED) is 0.353. The zero-order valence-corrected chi connectivity index (χ0v) is 19.4. The Kier molecular flexibility index (Phi) is 5.82. The van der Waals surface area contributed by atoms with E-state index in [0.29, 0.717) is 11.4 Å². The number of nitrogen functional groups attached to an aromatic ring is 1. The van der Waals surface area contributed by atoms with E-state index in [1.165, 1.54) is 42.6 Å². The molecular weight excluding hydrogens is 465 g/mol. The van der Waals surface area contributed by atoms with Crippen molar-refractivity contribution in [1.82, 2.24) is 4.98 Å². The van der Waals surface area contributed by atoms with Gasteiger partial charge in [0.2, 0.25) is 9.84 Å². The summed E-state index contributed by atoms with van der Waals surface area (Å²) in [5, 5.41) is 2.77. The van der Waals surface area contributed by atoms with Crippen LogP contribution >= 0.6 is 0 Å². The molecule has 3 N–H and O–H groups in total. The summed E-state index contributed by atoms with van der Waals surface area (Å²) in [5.74, 6) is -0.517. The molecule has 1 heterocycles. The second-order valence-electron chi connectivity index (χ2n) is 8.48. The molecule has 1 saturated carbocycles. The first kappa shape index (κ1) is 22.7. The molecule has 0 atom stereocenters. The lowest BCUT2D eigenvalue weighted by Gasteiger charge is -2.12. The van der Waals surface area contributed by atoms with Crippen LogP contribution in [0.25, 0.3) is 11.1 Å². The summed E-state index contributed by atoms with van der Waals surface area (Å²) >= 11 is 0. The van der Waals surface area contributed by atoms with Crippen LogP contribution in [0.4, 0.5) is 15.8 Å². The first-order valence-corrected chi connectivity index (χ1v) is 12.6. The van der Waals surface area contributed by atoms with Gasteiger partial charge in [-0.25, -0.2) is 12.8 Å². The van der Waals surface area contributed by atoms with E-state index in [4.69, 9.17) is 5.73 Å². The Balaban J connectivity index is 1.37. The molecule has 1 aliphatic rings. The molecule has 1 aromatic heterocycles. The third-order valence-corrected chi connectivity index (χ3v) is 7.84. The summed E-state index contributed by atoms with van der Waals surface area (Å²) in [4.78, 5) is 17.2. The first-order valence-electron chi connectivity index (χ1n) is 11.1. The predicted molar refractivity (Wildman–Crippen MR) is 132 cm³/mol. The zero-order chi connectivity index (χ0) is 24.6. The average molecular weight is 488 g/mol. The largest absolute Gasteiger partial charge is 0.397 e. The highest BCUT2D eigenvalue weighted by atomic mass is 32.2. The van der Waals surface area contributed by atoms with Crippen LogP contribution in [-0.4, -0.2) is 19.3 Å². The maximum absolute atomic E-state index is 13.2. The summed E-state index contributed by atoms with van der Waals surface area (Å²) in [6, 6.07) is 18.7. The van der Waals surface area contributed by atoms with Crippen molar-refractivity contribution in [1.29, 1.82) is 0 Å². The molecule has 0 spiro atoms. The number of benzene rings is 3. The fraction of sp³-hybridized carbons (Fsp3) is 0.111. The minimum absolute atomic E-state index is 0.0989. The van der Waals surface area contributed by atoms with Crippen molar-refractivity contribution in [2.45, 2.75) is 28.6 Å². The number of hydrogen-bond donors (Lipinski definition) is 2. The minimum atomic E-state index is -3.76. The van der Waals surface area contributed by atoms with E-state index < -0.39 is 15.7 Å². The van der Waals surface area contributed by atoms with E-state index >= 15 is 0 Å². The van der Waals surface area contributed by atoms with Crippen LogP contribution in [0.15, 0.2) is 95.0 Å². The van der Waals surface area contributed by atoms with Crippen molar-refractivity contribution in [3.05, 3.63) is 102 Å². The standard InChI is InChI=1S/C27H22FN3O3S/c28-21-8-3-17(4-9-21)20-7-12-24(29)25(15-20)31-27(32)19-5-10-22(11-6-19)35(33,34)26-16-30-14-13-23(26)18-1-2-18/h3-16,18H,1-2,29H2,(H,31,32). The van der Waals surface area contributed by atoms with Crippen molar-refractivity contribution in [2.75, 3.05) is 11.1 Å². The second-order valence-corrected chi connectivity index (χ2v) is 10.4. The molecule has 6 nitrogen and oxygen atoms in total. The Bertz CT molecular complexity index is 1510. The van der Waals surface area contributed by atoms with Crippen LogP contribution in [0.1, 0.15) is 34.7 Å². The lowest BCUT2D eigenvalue weighted by Crippen LogP contribution is -2.14. The molecule has 5 rings (SSSR count). The fourth-order valence-electron chi connectivity index (χ4n) is 3.94. The number of rotatable bonds is 6. The SMILES string of the molecule is Nc1ccc(-c2ccc(F)cc2)cc1NC(=O)c1ccc(S(=O)(=O)c2cnccc2C2CC2)cc1. The molecule has 0 unspecified atom stereocenters. The van der Waals surface area contributed by atoms with Crippen molar-refractivity contribution in [3.63, 3.8) is 0 Å². The summed E-state index contributed by atoms with van der Waals surface area (Å²) < 4.78 is 39.7. The van der Waals surface area contributed by atoms with Gasteiger partial charge in [-0.2, -0.15) is 0 Å². The van der Waals surface area contributed by atoms with Crippen molar-refractivity contribution < 1.29 is 17.6 Å². The molecule has 0 bridgehead atoms. The average Bonchev–Trinajstić information content (AvgIpc) is 3.71. The highest BCUT2D eigenvalue weighted by Gasteiger charge is 2.31. The van der Waals surface area contributed by atoms with Crippen LogP contribution < -0.4 is 11.1 Å². The number of nitrogens with one attached hydrogen (secondary N) is 1. The van der Waals surface area contributed by atoms with Crippen molar-refractivity contribution >= 4 is 27.1 Å². The van der Waals surface area contributed by atoms with Gasteiger partial charge in [-0.1, -0.05) is 18.2 Å². The molecule has 35 heavy (non-hydrogen) atoms. The highest BCUT2D eigenvalue weighted by molar-refractivity contribution is 7.91. The maximum atomic E-state index is 13.2. The van der Waals surface area contributed by atoms with Crippen molar-refractivity contribution in [2.24, 2.45) is 0 Å². The summed E-state index contributed by atoms with van der Waals surface area (Å²) in [7, 11) is -3.76. The Labute approximate surface area is 202 Å². The molecule has 3 aromatic carbocycles. The Morgan fingerprint density at radius 2 is 1.63 bits per heavy atom. The minimum Gasteiger partial charge on any atom is -0.397 e. The number of sulfone groups is 1. The molecule has 0 radical (unpaired) electrons. The molecule has 1 aliphatic carbocycles. The number of nitrogens with zero attached hydrogens (tertiary/aromatic N) is 1. The maximum Gasteiger partial charge on any atom is 0.255 e. The van der Waals surface area contributed by atoms with Gasteiger partial charge in [-0.3, -0.25) is 9.78 Å². The number of nitrogens with two attached hydrogens (primary N) is 1. The molecule has 4 aromatic rings. The van der Waals surface area contributed by atoms with Gasteiger partial charge >= 0.3 is 0 Å². The van der Waals surface area contributed by atoms with Gasteiger partial charge in [0.15, 0.2) is 0 Å². The number of amides is 1. The van der Waals surface area contributed by atoms with Gasteiger partial charge in [0.25, 0.3) is 5.91 Å². The topological polar surface area (TPSA) is 102 Å². The van der Waals surface area contributed by atoms with Crippen LogP contribution in [0.3, 0.4) is 0 Å². The van der Waals surface area contributed by atoms with Crippen molar-refractivity contribution in [3.8, 4) is 11.1 Å². The Morgan fingerprint density at radius 3 is 2.31 bits per heavy atom. The Hall–Kier alpha value is -4.04. The van der Waals surface area contributed by atoms with Crippen LogP contribution in [-0.2, 0) is 9.84 Å². The second kappa shape index (κ2) is 8.96. The highest BCUT2D eigenvalue weighted by Crippen LogP contribution is 2.43. The lowest BCUT2D eigenvalue weighted by atomic mass is 10.0. The molecule has 176 valence electrons. The molecule has 1 fully saturated rings. The number of carbonyl (C=O) groups is 1. The normalized spacial score (nSPS) is 13.4. The third-order valence-electron chi connectivity index (χ3n) is 6.03. The summed E-state index contributed by atoms with van der Waals surface area (Å²) in [5.41, 5.74) is 9.43. The number of halogens is 1.